The predicted molar refractivity (Wildman–Crippen MR) is 50.0 cm³/mol. The highest BCUT2D eigenvalue weighted by Crippen LogP contribution is 2.19. The number of piperazine rings is 3. The van der Waals surface area contributed by atoms with Crippen molar-refractivity contribution in [1.82, 2.24) is 4.90 Å². The Balaban J connectivity index is 2.00. The molecule has 2 nitrogen and oxygen atoms in total. The molecular formula is C8H16BrN2+. The van der Waals surface area contributed by atoms with Crippen LogP contribution in [0.15, 0.2) is 0 Å². The van der Waals surface area contributed by atoms with Gasteiger partial charge in [-0.25, -0.2) is 0 Å². The maximum absolute atomic E-state index is 3.55. The average molecular weight is 220 g/mol. The summed E-state index contributed by atoms with van der Waals surface area (Å²) in [6.45, 7) is 9.55. The van der Waals surface area contributed by atoms with E-state index in [1.54, 1.807) is 0 Å². The van der Waals surface area contributed by atoms with Gasteiger partial charge in [-0.05, 0) is 0 Å². The first-order valence-corrected chi connectivity index (χ1v) is 5.60. The van der Waals surface area contributed by atoms with Gasteiger partial charge in [-0.3, -0.25) is 4.90 Å². The van der Waals surface area contributed by atoms with Crippen LogP contribution in [-0.2, 0) is 0 Å². The van der Waals surface area contributed by atoms with Crippen LogP contribution in [0.5, 0.6) is 0 Å². The van der Waals surface area contributed by atoms with Gasteiger partial charge in [0.05, 0.1) is 31.5 Å². The third kappa shape index (κ3) is 1.46. The molecule has 64 valence electrons. The minimum absolute atomic E-state index is 1.17. The molecule has 0 aromatic rings. The first-order valence-electron chi connectivity index (χ1n) is 4.48. The molecule has 3 fully saturated rings. The van der Waals surface area contributed by atoms with Crippen LogP contribution in [0.1, 0.15) is 0 Å². The SMILES string of the molecule is BrCC[N+]12CCN(CC1)CC2. The van der Waals surface area contributed by atoms with Gasteiger partial charge in [0.2, 0.25) is 0 Å². The van der Waals surface area contributed by atoms with Crippen LogP contribution in [0.3, 0.4) is 0 Å². The normalized spacial score (nSPS) is 42.8. The molecule has 0 amide bonds. The Morgan fingerprint density at radius 3 is 2.09 bits per heavy atom. The van der Waals surface area contributed by atoms with Crippen LogP contribution < -0.4 is 0 Å². The maximum Gasteiger partial charge on any atom is 0.0916 e. The van der Waals surface area contributed by atoms with E-state index in [-0.39, 0.29) is 0 Å². The summed E-state index contributed by atoms with van der Waals surface area (Å²) < 4.78 is 1.39. The van der Waals surface area contributed by atoms with Gasteiger partial charge in [0.1, 0.15) is 0 Å². The lowest BCUT2D eigenvalue weighted by Crippen LogP contribution is -2.67. The van der Waals surface area contributed by atoms with E-state index in [2.05, 4.69) is 20.8 Å². The Kier molecular flexibility index (Phi) is 2.21. The highest BCUT2D eigenvalue weighted by molar-refractivity contribution is 9.09. The van der Waals surface area contributed by atoms with Crippen LogP contribution in [0, 0.1) is 0 Å². The number of fused-ring (bicyclic) bond motifs is 3. The molecular weight excluding hydrogens is 204 g/mol. The zero-order valence-corrected chi connectivity index (χ0v) is 8.52. The number of quaternary nitrogens is 1. The molecule has 0 aromatic carbocycles. The van der Waals surface area contributed by atoms with Crippen molar-refractivity contribution < 1.29 is 4.48 Å². The Labute approximate surface area is 76.9 Å². The van der Waals surface area contributed by atoms with Crippen molar-refractivity contribution >= 4 is 15.9 Å². The molecule has 3 saturated heterocycles. The highest BCUT2D eigenvalue weighted by atomic mass is 79.9. The first kappa shape index (κ1) is 8.02. The summed E-state index contributed by atoms with van der Waals surface area (Å²) in [5.41, 5.74) is 0. The molecule has 3 rings (SSSR count). The van der Waals surface area contributed by atoms with Crippen LogP contribution >= 0.6 is 15.9 Å². The van der Waals surface area contributed by atoms with E-state index in [1.165, 1.54) is 55.6 Å². The molecule has 0 atom stereocenters. The fourth-order valence-corrected chi connectivity index (χ4v) is 3.00. The van der Waals surface area contributed by atoms with Gasteiger partial charge in [0.15, 0.2) is 0 Å². The van der Waals surface area contributed by atoms with Crippen LogP contribution in [0.2, 0.25) is 0 Å². The van der Waals surface area contributed by atoms with Gasteiger partial charge in [-0.2, -0.15) is 0 Å². The van der Waals surface area contributed by atoms with Crippen molar-refractivity contribution in [2.24, 2.45) is 0 Å². The van der Waals surface area contributed by atoms with E-state index in [0.717, 1.165) is 0 Å². The molecule has 3 aliphatic rings. The fourth-order valence-electron chi connectivity index (χ4n) is 2.25. The van der Waals surface area contributed by atoms with Gasteiger partial charge >= 0.3 is 0 Å². The van der Waals surface area contributed by atoms with E-state index in [4.69, 9.17) is 0 Å². The van der Waals surface area contributed by atoms with Gasteiger partial charge in [0, 0.05) is 19.6 Å². The molecule has 3 heterocycles. The second-order valence-electron chi connectivity index (χ2n) is 3.77. The summed E-state index contributed by atoms with van der Waals surface area (Å²) in [5, 5.41) is 1.17. The molecule has 3 heteroatoms. The number of halogens is 1. The molecule has 2 bridgehead atoms. The molecule has 11 heavy (non-hydrogen) atoms. The maximum atomic E-state index is 3.55. The number of hydrogen-bond acceptors (Lipinski definition) is 1. The molecule has 0 aliphatic carbocycles. The predicted octanol–water partition coefficient (Wildman–Crippen LogP) is 0.527. The van der Waals surface area contributed by atoms with Crippen LogP contribution in [0.25, 0.3) is 0 Å². The van der Waals surface area contributed by atoms with Crippen molar-refractivity contribution in [3.05, 3.63) is 0 Å². The van der Waals surface area contributed by atoms with Crippen molar-refractivity contribution in [3.63, 3.8) is 0 Å². The Bertz CT molecular complexity index is 121. The Morgan fingerprint density at radius 1 is 1.09 bits per heavy atom. The van der Waals surface area contributed by atoms with Gasteiger partial charge in [0.25, 0.3) is 0 Å². The van der Waals surface area contributed by atoms with E-state index in [0.29, 0.717) is 0 Å². The zero-order valence-electron chi connectivity index (χ0n) is 6.93. The van der Waals surface area contributed by atoms with Crippen LogP contribution in [0.4, 0.5) is 0 Å². The van der Waals surface area contributed by atoms with Crippen molar-refractivity contribution in [2.75, 3.05) is 51.1 Å². The quantitative estimate of drug-likeness (QED) is 0.484. The molecule has 0 aromatic heterocycles. The van der Waals surface area contributed by atoms with Gasteiger partial charge < -0.3 is 4.48 Å². The largest absolute Gasteiger partial charge is 0.320 e. The second kappa shape index (κ2) is 3.04. The summed E-state index contributed by atoms with van der Waals surface area (Å²) in [6, 6.07) is 0. The molecule has 3 aliphatic heterocycles. The molecule has 0 radical (unpaired) electrons. The lowest BCUT2D eigenvalue weighted by Gasteiger charge is -2.50. The lowest BCUT2D eigenvalue weighted by molar-refractivity contribution is -0.938. The van der Waals surface area contributed by atoms with Crippen molar-refractivity contribution in [1.29, 1.82) is 0 Å². The summed E-state index contributed by atoms with van der Waals surface area (Å²) in [6.07, 6.45) is 0. The smallest absolute Gasteiger partial charge is 0.0916 e. The molecule has 0 spiro atoms. The third-order valence-corrected chi connectivity index (χ3v) is 3.59. The Hall–Kier alpha value is 0.400. The van der Waals surface area contributed by atoms with Gasteiger partial charge in [-0.1, -0.05) is 15.9 Å². The summed E-state index contributed by atoms with van der Waals surface area (Å²) in [4.78, 5) is 2.59. The highest BCUT2D eigenvalue weighted by Gasteiger charge is 2.37. The van der Waals surface area contributed by atoms with E-state index < -0.39 is 0 Å². The van der Waals surface area contributed by atoms with Crippen molar-refractivity contribution in [2.45, 2.75) is 0 Å². The van der Waals surface area contributed by atoms with E-state index >= 15 is 0 Å². The number of hydrogen-bond donors (Lipinski definition) is 0. The van der Waals surface area contributed by atoms with E-state index in [1.807, 2.05) is 0 Å². The number of rotatable bonds is 2. The standard InChI is InChI=1S/C8H16BrN2/c9-1-5-11-6-2-10(3-7-11)4-8-11/h1-8H2/q+1. The third-order valence-electron chi connectivity index (χ3n) is 3.23. The molecule has 0 saturated carbocycles. The van der Waals surface area contributed by atoms with Crippen molar-refractivity contribution in [3.8, 4) is 0 Å². The number of alkyl halides is 1. The Morgan fingerprint density at radius 2 is 1.64 bits per heavy atom. The molecule has 0 unspecified atom stereocenters. The topological polar surface area (TPSA) is 3.24 Å². The average Bonchev–Trinajstić information content (AvgIpc) is 2.07. The second-order valence-corrected chi connectivity index (χ2v) is 4.56. The monoisotopic (exact) mass is 219 g/mol. The zero-order chi connectivity index (χ0) is 7.73. The summed E-state index contributed by atoms with van der Waals surface area (Å²) in [5.74, 6) is 0. The van der Waals surface area contributed by atoms with E-state index in [9.17, 15) is 0 Å². The number of nitrogens with zero attached hydrogens (tertiary/aromatic N) is 2. The first-order chi connectivity index (χ1) is 5.35. The molecule has 0 N–H and O–H groups in total. The summed E-state index contributed by atoms with van der Waals surface area (Å²) in [7, 11) is 0. The summed E-state index contributed by atoms with van der Waals surface area (Å²) >= 11 is 3.55. The minimum Gasteiger partial charge on any atom is -0.320 e. The van der Waals surface area contributed by atoms with Gasteiger partial charge in [-0.15, -0.1) is 0 Å². The fraction of sp³-hybridized carbons (Fsp3) is 1.00. The van der Waals surface area contributed by atoms with Crippen LogP contribution in [-0.4, -0.2) is 60.5 Å². The lowest BCUT2D eigenvalue weighted by atomic mass is 10.1. The minimum atomic E-state index is 1.17.